The average Bonchev–Trinajstić information content (AvgIpc) is 2.65. The Morgan fingerprint density at radius 1 is 1.57 bits per heavy atom. The molecule has 1 saturated heterocycles. The molecule has 0 radical (unpaired) electrons. The minimum atomic E-state index is 0.351. The maximum atomic E-state index is 5.48. The zero-order valence-corrected chi connectivity index (χ0v) is 8.39. The molecule has 1 aromatic rings. The number of hydrogen-bond donors (Lipinski definition) is 1. The fourth-order valence-corrected chi connectivity index (χ4v) is 1.90. The summed E-state index contributed by atoms with van der Waals surface area (Å²) >= 11 is 0. The molecule has 1 aromatic heterocycles. The van der Waals surface area contributed by atoms with Crippen LogP contribution in [0.25, 0.3) is 0 Å². The number of nitrogen functional groups attached to an aromatic ring is 1. The van der Waals surface area contributed by atoms with Crippen LogP contribution in [-0.4, -0.2) is 28.0 Å². The van der Waals surface area contributed by atoms with E-state index < -0.39 is 0 Å². The summed E-state index contributed by atoms with van der Waals surface area (Å²) < 4.78 is 7.17. The quantitative estimate of drug-likeness (QED) is 0.761. The van der Waals surface area contributed by atoms with Crippen LogP contribution in [0.2, 0.25) is 0 Å². The van der Waals surface area contributed by atoms with E-state index in [4.69, 9.17) is 10.5 Å². The summed E-state index contributed by atoms with van der Waals surface area (Å²) in [6.45, 7) is 3.88. The Hall–Kier alpha value is -1.10. The summed E-state index contributed by atoms with van der Waals surface area (Å²) in [6, 6.07) is 0.365. The maximum Gasteiger partial charge on any atom is 0.239 e. The van der Waals surface area contributed by atoms with Crippen LogP contribution < -0.4 is 5.73 Å². The van der Waals surface area contributed by atoms with Crippen LogP contribution in [0.5, 0.6) is 0 Å². The third-order valence-electron chi connectivity index (χ3n) is 2.89. The van der Waals surface area contributed by atoms with E-state index in [-0.39, 0.29) is 0 Å². The van der Waals surface area contributed by atoms with Gasteiger partial charge in [0.05, 0.1) is 6.04 Å². The molecule has 0 aromatic carbocycles. The zero-order valence-electron chi connectivity index (χ0n) is 8.39. The van der Waals surface area contributed by atoms with E-state index in [1.807, 2.05) is 4.68 Å². The second-order valence-corrected chi connectivity index (χ2v) is 3.77. The van der Waals surface area contributed by atoms with Crippen molar-refractivity contribution >= 4 is 5.95 Å². The second-order valence-electron chi connectivity index (χ2n) is 3.77. The maximum absolute atomic E-state index is 5.48. The van der Waals surface area contributed by atoms with Crippen molar-refractivity contribution in [3.63, 3.8) is 0 Å². The van der Waals surface area contributed by atoms with Crippen molar-refractivity contribution in [3.8, 4) is 0 Å². The Morgan fingerprint density at radius 2 is 2.29 bits per heavy atom. The van der Waals surface area contributed by atoms with Crippen molar-refractivity contribution in [2.45, 2.75) is 25.8 Å². The van der Waals surface area contributed by atoms with Gasteiger partial charge in [0, 0.05) is 13.2 Å². The predicted molar refractivity (Wildman–Crippen MR) is 52.7 cm³/mol. The van der Waals surface area contributed by atoms with Crippen molar-refractivity contribution in [3.05, 3.63) is 6.33 Å². The van der Waals surface area contributed by atoms with E-state index in [9.17, 15) is 0 Å². The van der Waals surface area contributed by atoms with Gasteiger partial charge in [0.2, 0.25) is 5.95 Å². The number of anilines is 1. The zero-order chi connectivity index (χ0) is 9.97. The molecule has 14 heavy (non-hydrogen) atoms. The van der Waals surface area contributed by atoms with Crippen molar-refractivity contribution < 1.29 is 4.74 Å². The molecule has 1 unspecified atom stereocenters. The minimum absolute atomic E-state index is 0.351. The Kier molecular flexibility index (Phi) is 2.67. The van der Waals surface area contributed by atoms with Crippen molar-refractivity contribution in [2.24, 2.45) is 5.92 Å². The molecule has 78 valence electrons. The van der Waals surface area contributed by atoms with Crippen LogP contribution in [-0.2, 0) is 4.74 Å². The van der Waals surface area contributed by atoms with E-state index in [0.717, 1.165) is 26.1 Å². The number of aromatic nitrogens is 3. The van der Waals surface area contributed by atoms with Crippen LogP contribution in [0.3, 0.4) is 0 Å². The first kappa shape index (κ1) is 9.45. The molecule has 1 atom stereocenters. The fraction of sp³-hybridized carbons (Fsp3) is 0.778. The van der Waals surface area contributed by atoms with Gasteiger partial charge >= 0.3 is 0 Å². The summed E-state index contributed by atoms with van der Waals surface area (Å²) in [4.78, 5) is 3.93. The first-order valence-corrected chi connectivity index (χ1v) is 5.02. The SMILES string of the molecule is CC(C1CCOCC1)n1cnc(N)n1. The van der Waals surface area contributed by atoms with Gasteiger partial charge in [0.1, 0.15) is 6.33 Å². The lowest BCUT2D eigenvalue weighted by atomic mass is 9.93. The Morgan fingerprint density at radius 3 is 2.86 bits per heavy atom. The fourth-order valence-electron chi connectivity index (χ4n) is 1.90. The first-order chi connectivity index (χ1) is 6.77. The van der Waals surface area contributed by atoms with Gasteiger partial charge in [0.25, 0.3) is 0 Å². The van der Waals surface area contributed by atoms with Crippen molar-refractivity contribution in [1.29, 1.82) is 0 Å². The number of hydrogen-bond acceptors (Lipinski definition) is 4. The molecule has 1 fully saturated rings. The molecule has 0 spiro atoms. The largest absolute Gasteiger partial charge is 0.381 e. The van der Waals surface area contributed by atoms with Crippen LogP contribution in [0.1, 0.15) is 25.8 Å². The monoisotopic (exact) mass is 196 g/mol. The molecule has 2 rings (SSSR count). The lowest BCUT2D eigenvalue weighted by Crippen LogP contribution is -2.24. The minimum Gasteiger partial charge on any atom is -0.381 e. The summed E-state index contributed by atoms with van der Waals surface area (Å²) in [5.74, 6) is 0.980. The van der Waals surface area contributed by atoms with Crippen molar-refractivity contribution in [1.82, 2.24) is 14.8 Å². The van der Waals surface area contributed by atoms with E-state index in [2.05, 4.69) is 17.0 Å². The summed E-state index contributed by atoms with van der Waals surface area (Å²) in [5.41, 5.74) is 5.48. The highest BCUT2D eigenvalue weighted by atomic mass is 16.5. The molecule has 5 heteroatoms. The van der Waals surface area contributed by atoms with Crippen LogP contribution >= 0.6 is 0 Å². The van der Waals surface area contributed by atoms with Gasteiger partial charge < -0.3 is 10.5 Å². The molecular weight excluding hydrogens is 180 g/mol. The van der Waals surface area contributed by atoms with Gasteiger partial charge in [-0.3, -0.25) is 0 Å². The van der Waals surface area contributed by atoms with Crippen LogP contribution in [0.4, 0.5) is 5.95 Å². The molecule has 0 bridgehead atoms. The molecule has 2 N–H and O–H groups in total. The Labute approximate surface area is 83.3 Å². The molecule has 1 aliphatic heterocycles. The van der Waals surface area contributed by atoms with E-state index >= 15 is 0 Å². The smallest absolute Gasteiger partial charge is 0.239 e. The van der Waals surface area contributed by atoms with Crippen LogP contribution in [0.15, 0.2) is 6.33 Å². The normalized spacial score (nSPS) is 20.9. The molecule has 0 aliphatic carbocycles. The number of ether oxygens (including phenoxy) is 1. The van der Waals surface area contributed by atoms with Gasteiger partial charge in [-0.1, -0.05) is 0 Å². The lowest BCUT2D eigenvalue weighted by Gasteiger charge is -2.27. The van der Waals surface area contributed by atoms with Gasteiger partial charge in [-0.05, 0) is 25.7 Å². The number of rotatable bonds is 2. The van der Waals surface area contributed by atoms with E-state index in [1.54, 1.807) is 6.33 Å². The predicted octanol–water partition coefficient (Wildman–Crippen LogP) is 0.848. The van der Waals surface area contributed by atoms with Gasteiger partial charge in [0.15, 0.2) is 0 Å². The lowest BCUT2D eigenvalue weighted by molar-refractivity contribution is 0.0495. The topological polar surface area (TPSA) is 66.0 Å². The standard InChI is InChI=1S/C9H16N4O/c1-7(8-2-4-14-5-3-8)13-6-11-9(10)12-13/h6-8H,2-5H2,1H3,(H2,10,12). The number of nitrogens with two attached hydrogens (primary N) is 1. The molecule has 2 heterocycles. The summed E-state index contributed by atoms with van der Waals surface area (Å²) in [7, 11) is 0. The molecule has 5 nitrogen and oxygen atoms in total. The van der Waals surface area contributed by atoms with Crippen molar-refractivity contribution in [2.75, 3.05) is 18.9 Å². The first-order valence-electron chi connectivity index (χ1n) is 5.02. The van der Waals surface area contributed by atoms with Gasteiger partial charge in [-0.15, -0.1) is 5.10 Å². The van der Waals surface area contributed by atoms with E-state index in [0.29, 0.717) is 17.9 Å². The van der Waals surface area contributed by atoms with Gasteiger partial charge in [-0.25, -0.2) is 9.67 Å². The van der Waals surface area contributed by atoms with Gasteiger partial charge in [-0.2, -0.15) is 0 Å². The highest BCUT2D eigenvalue weighted by Crippen LogP contribution is 2.26. The molecule has 0 saturated carbocycles. The number of nitrogens with zero attached hydrogens (tertiary/aromatic N) is 3. The van der Waals surface area contributed by atoms with Crippen LogP contribution in [0, 0.1) is 5.92 Å². The Bertz CT molecular complexity index is 293. The second kappa shape index (κ2) is 3.96. The Balaban J connectivity index is 2.03. The molecular formula is C9H16N4O. The highest BCUT2D eigenvalue weighted by molar-refractivity contribution is 5.09. The third kappa shape index (κ3) is 1.87. The average molecular weight is 196 g/mol. The summed E-state index contributed by atoms with van der Waals surface area (Å²) in [6.07, 6.45) is 3.90. The third-order valence-corrected chi connectivity index (χ3v) is 2.89. The summed E-state index contributed by atoms with van der Waals surface area (Å²) in [5, 5.41) is 4.13. The van der Waals surface area contributed by atoms with E-state index in [1.165, 1.54) is 0 Å². The molecule has 1 aliphatic rings. The highest BCUT2D eigenvalue weighted by Gasteiger charge is 2.22. The molecule has 0 amide bonds.